The maximum atomic E-state index is 12.3. The van der Waals surface area contributed by atoms with E-state index in [2.05, 4.69) is 10.2 Å². The van der Waals surface area contributed by atoms with E-state index in [0.29, 0.717) is 17.7 Å². The summed E-state index contributed by atoms with van der Waals surface area (Å²) in [5, 5.41) is 3.31. The largest absolute Gasteiger partial charge is 0.381 e. The smallest absolute Gasteiger partial charge is 0.225 e. The van der Waals surface area contributed by atoms with Crippen LogP contribution in [0.1, 0.15) is 12.8 Å². The molecule has 1 N–H and O–H groups in total. The van der Waals surface area contributed by atoms with Crippen molar-refractivity contribution in [3.63, 3.8) is 0 Å². The Labute approximate surface area is 96.3 Å². The minimum absolute atomic E-state index is 0.279. The number of carbonyl (C=O) groups excluding carboxylic acids is 1. The Morgan fingerprint density at radius 3 is 2.38 bits per heavy atom. The van der Waals surface area contributed by atoms with Crippen LogP contribution in [0.2, 0.25) is 0 Å². The molecular weight excluding hydrogens is 204 g/mol. The molecule has 0 bridgehead atoms. The zero-order valence-electron chi connectivity index (χ0n) is 9.65. The predicted molar refractivity (Wildman–Crippen MR) is 60.0 cm³/mol. The molecule has 0 aromatic heterocycles. The average Bonchev–Trinajstić information content (AvgIpc) is 2.89. The summed E-state index contributed by atoms with van der Waals surface area (Å²) in [6, 6.07) is 0. The predicted octanol–water partition coefficient (Wildman–Crippen LogP) is 0.0908. The highest BCUT2D eigenvalue weighted by Crippen LogP contribution is 2.30. The van der Waals surface area contributed by atoms with E-state index in [4.69, 9.17) is 4.74 Å². The van der Waals surface area contributed by atoms with E-state index in [9.17, 15) is 4.79 Å². The number of hydrogen-bond donors (Lipinski definition) is 1. The van der Waals surface area contributed by atoms with Gasteiger partial charge in [-0.25, -0.2) is 0 Å². The third kappa shape index (κ3) is 1.84. The Morgan fingerprint density at radius 2 is 1.75 bits per heavy atom. The Bertz CT molecular complexity index is 264. The molecule has 0 saturated carbocycles. The van der Waals surface area contributed by atoms with Crippen molar-refractivity contribution in [1.29, 1.82) is 0 Å². The fraction of sp³-hybridized carbons (Fsp3) is 0.917. The number of nitrogens with zero attached hydrogens (tertiary/aromatic N) is 1. The molecule has 4 heteroatoms. The molecule has 0 aromatic carbocycles. The molecule has 0 unspecified atom stereocenters. The Balaban J connectivity index is 1.59. The highest BCUT2D eigenvalue weighted by Gasteiger charge is 2.40. The first kappa shape index (κ1) is 10.5. The highest BCUT2D eigenvalue weighted by atomic mass is 16.5. The quantitative estimate of drug-likeness (QED) is 0.686. The molecule has 0 spiro atoms. The molecule has 3 saturated heterocycles. The van der Waals surface area contributed by atoms with Crippen LogP contribution in [0, 0.1) is 17.8 Å². The minimum atomic E-state index is 0.279. The van der Waals surface area contributed by atoms with Gasteiger partial charge in [-0.3, -0.25) is 4.79 Å². The number of rotatable bonds is 1. The normalized spacial score (nSPS) is 35.4. The lowest BCUT2D eigenvalue weighted by atomic mass is 9.97. The third-order valence-electron chi connectivity index (χ3n) is 4.24. The van der Waals surface area contributed by atoms with Crippen molar-refractivity contribution >= 4 is 5.91 Å². The number of carbonyl (C=O) groups is 1. The number of fused-ring (bicyclic) bond motifs is 1. The Morgan fingerprint density at radius 1 is 1.12 bits per heavy atom. The maximum Gasteiger partial charge on any atom is 0.225 e. The number of amides is 1. The summed E-state index contributed by atoms with van der Waals surface area (Å²) in [6.45, 7) is 5.60. The number of piperidine rings is 1. The van der Waals surface area contributed by atoms with Crippen LogP contribution >= 0.6 is 0 Å². The van der Waals surface area contributed by atoms with Gasteiger partial charge >= 0.3 is 0 Å². The van der Waals surface area contributed by atoms with E-state index in [0.717, 1.165) is 52.2 Å². The van der Waals surface area contributed by atoms with Crippen molar-refractivity contribution in [1.82, 2.24) is 10.2 Å². The summed E-state index contributed by atoms with van der Waals surface area (Å²) < 4.78 is 5.44. The SMILES string of the molecule is O=C(C1CCNCC1)N1C[C@@H]2COC[C@H]2C1. The van der Waals surface area contributed by atoms with Gasteiger partial charge < -0.3 is 15.0 Å². The highest BCUT2D eigenvalue weighted by molar-refractivity contribution is 5.79. The molecule has 3 rings (SSSR count). The molecule has 90 valence electrons. The lowest BCUT2D eigenvalue weighted by Gasteiger charge is -2.27. The van der Waals surface area contributed by atoms with E-state index in [1.165, 1.54) is 0 Å². The van der Waals surface area contributed by atoms with Gasteiger partial charge in [0.05, 0.1) is 13.2 Å². The van der Waals surface area contributed by atoms with Gasteiger partial charge in [-0.05, 0) is 25.9 Å². The van der Waals surface area contributed by atoms with Crippen LogP contribution in [0.15, 0.2) is 0 Å². The zero-order chi connectivity index (χ0) is 11.0. The molecule has 3 aliphatic rings. The molecule has 4 nitrogen and oxygen atoms in total. The van der Waals surface area contributed by atoms with Gasteiger partial charge in [0.2, 0.25) is 5.91 Å². The molecule has 3 fully saturated rings. The molecule has 3 aliphatic heterocycles. The second-order valence-corrected chi connectivity index (χ2v) is 5.33. The van der Waals surface area contributed by atoms with Gasteiger partial charge in [-0.2, -0.15) is 0 Å². The average molecular weight is 224 g/mol. The van der Waals surface area contributed by atoms with Gasteiger partial charge in [0, 0.05) is 30.8 Å². The van der Waals surface area contributed by atoms with Crippen molar-refractivity contribution in [2.75, 3.05) is 39.4 Å². The van der Waals surface area contributed by atoms with Crippen LogP contribution in [0.4, 0.5) is 0 Å². The van der Waals surface area contributed by atoms with Crippen molar-refractivity contribution in [3.8, 4) is 0 Å². The Hall–Kier alpha value is -0.610. The monoisotopic (exact) mass is 224 g/mol. The molecule has 3 heterocycles. The number of hydrogen-bond acceptors (Lipinski definition) is 3. The zero-order valence-corrected chi connectivity index (χ0v) is 9.65. The first-order valence-electron chi connectivity index (χ1n) is 6.42. The van der Waals surface area contributed by atoms with E-state index in [1.807, 2.05) is 0 Å². The van der Waals surface area contributed by atoms with Crippen molar-refractivity contribution in [3.05, 3.63) is 0 Å². The van der Waals surface area contributed by atoms with E-state index >= 15 is 0 Å². The van der Waals surface area contributed by atoms with Crippen LogP contribution in [0.25, 0.3) is 0 Å². The van der Waals surface area contributed by atoms with Gasteiger partial charge in [0.25, 0.3) is 0 Å². The standard InChI is InChI=1S/C12H20N2O2/c15-12(9-1-3-13-4-2-9)14-5-10-7-16-8-11(10)6-14/h9-11,13H,1-8H2/t10-,11-/m1/s1. The van der Waals surface area contributed by atoms with Gasteiger partial charge in [-0.1, -0.05) is 0 Å². The number of likely N-dealkylation sites (tertiary alicyclic amines) is 1. The second kappa shape index (κ2) is 4.34. The lowest BCUT2D eigenvalue weighted by Crippen LogP contribution is -2.40. The van der Waals surface area contributed by atoms with Gasteiger partial charge in [-0.15, -0.1) is 0 Å². The second-order valence-electron chi connectivity index (χ2n) is 5.33. The fourth-order valence-corrected chi connectivity index (χ4v) is 3.19. The minimum Gasteiger partial charge on any atom is -0.381 e. The fourth-order valence-electron chi connectivity index (χ4n) is 3.19. The third-order valence-corrected chi connectivity index (χ3v) is 4.24. The number of ether oxygens (including phenoxy) is 1. The summed E-state index contributed by atoms with van der Waals surface area (Å²) in [4.78, 5) is 14.4. The first-order chi connectivity index (χ1) is 7.84. The van der Waals surface area contributed by atoms with Crippen LogP contribution in [-0.2, 0) is 9.53 Å². The van der Waals surface area contributed by atoms with Crippen LogP contribution in [0.5, 0.6) is 0 Å². The first-order valence-corrected chi connectivity index (χ1v) is 6.42. The van der Waals surface area contributed by atoms with E-state index in [1.54, 1.807) is 0 Å². The van der Waals surface area contributed by atoms with Crippen molar-refractivity contribution in [2.24, 2.45) is 17.8 Å². The molecule has 1 amide bonds. The number of nitrogens with one attached hydrogen (secondary N) is 1. The molecule has 0 aromatic rings. The van der Waals surface area contributed by atoms with Crippen LogP contribution in [0.3, 0.4) is 0 Å². The van der Waals surface area contributed by atoms with Crippen molar-refractivity contribution in [2.45, 2.75) is 12.8 Å². The summed E-state index contributed by atoms with van der Waals surface area (Å²) in [5.74, 6) is 1.91. The summed E-state index contributed by atoms with van der Waals surface area (Å²) in [6.07, 6.45) is 2.03. The molecule has 2 atom stereocenters. The molecule has 0 radical (unpaired) electrons. The van der Waals surface area contributed by atoms with E-state index < -0.39 is 0 Å². The van der Waals surface area contributed by atoms with Gasteiger partial charge in [0.15, 0.2) is 0 Å². The summed E-state index contributed by atoms with van der Waals surface area (Å²) >= 11 is 0. The maximum absolute atomic E-state index is 12.3. The van der Waals surface area contributed by atoms with Crippen LogP contribution < -0.4 is 5.32 Å². The Kier molecular flexibility index (Phi) is 2.86. The molecule has 0 aliphatic carbocycles. The van der Waals surface area contributed by atoms with Gasteiger partial charge in [0.1, 0.15) is 0 Å². The molecular formula is C12H20N2O2. The topological polar surface area (TPSA) is 41.6 Å². The summed E-state index contributed by atoms with van der Waals surface area (Å²) in [7, 11) is 0. The molecule has 16 heavy (non-hydrogen) atoms. The van der Waals surface area contributed by atoms with Crippen molar-refractivity contribution < 1.29 is 9.53 Å². The van der Waals surface area contributed by atoms with E-state index in [-0.39, 0.29) is 5.92 Å². The van der Waals surface area contributed by atoms with Crippen LogP contribution in [-0.4, -0.2) is 50.2 Å². The summed E-state index contributed by atoms with van der Waals surface area (Å²) in [5.41, 5.74) is 0. The lowest BCUT2D eigenvalue weighted by molar-refractivity contribution is -0.135.